The summed E-state index contributed by atoms with van der Waals surface area (Å²) in [5.74, 6) is 1.04. The molecular weight excluding hydrogens is 236 g/mol. The first-order valence-electron chi connectivity index (χ1n) is 7.43. The van der Waals surface area contributed by atoms with Crippen molar-refractivity contribution in [3.05, 3.63) is 18.1 Å². The quantitative estimate of drug-likeness (QED) is 0.885. The van der Waals surface area contributed by atoms with Gasteiger partial charge in [-0.2, -0.15) is 0 Å². The van der Waals surface area contributed by atoms with E-state index in [1.807, 2.05) is 12.4 Å². The van der Waals surface area contributed by atoms with Gasteiger partial charge in [0.05, 0.1) is 11.9 Å². The minimum atomic E-state index is 0.519. The number of hydrogen-bond donors (Lipinski definition) is 1. The second-order valence-electron chi connectivity index (χ2n) is 5.80. The summed E-state index contributed by atoms with van der Waals surface area (Å²) in [5, 5.41) is 3.30. The van der Waals surface area contributed by atoms with Crippen LogP contribution in [0.2, 0.25) is 0 Å². The van der Waals surface area contributed by atoms with E-state index in [2.05, 4.69) is 36.0 Å². The van der Waals surface area contributed by atoms with Crippen LogP contribution < -0.4 is 10.2 Å². The molecule has 0 aromatic carbocycles. The van der Waals surface area contributed by atoms with Gasteiger partial charge in [0.1, 0.15) is 5.82 Å². The predicted octanol–water partition coefficient (Wildman–Crippen LogP) is 2.60. The summed E-state index contributed by atoms with van der Waals surface area (Å²) in [6.45, 7) is 10.8. The Bertz CT molecular complexity index is 397. The number of nitrogens with zero attached hydrogens (tertiary/aromatic N) is 3. The van der Waals surface area contributed by atoms with Gasteiger partial charge in [0.25, 0.3) is 0 Å². The average Bonchev–Trinajstić information content (AvgIpc) is 2.46. The van der Waals surface area contributed by atoms with Crippen LogP contribution in [0, 0.1) is 5.41 Å². The summed E-state index contributed by atoms with van der Waals surface area (Å²) in [7, 11) is 0. The fourth-order valence-electron chi connectivity index (χ4n) is 2.51. The number of anilines is 1. The molecule has 0 spiro atoms. The Hall–Kier alpha value is -1.16. The Labute approximate surface area is 116 Å². The zero-order valence-corrected chi connectivity index (χ0v) is 12.4. The molecule has 0 aliphatic carbocycles. The summed E-state index contributed by atoms with van der Waals surface area (Å²) < 4.78 is 0. The number of aromatic nitrogens is 2. The molecule has 1 fully saturated rings. The maximum atomic E-state index is 4.71. The third kappa shape index (κ3) is 3.66. The van der Waals surface area contributed by atoms with Crippen LogP contribution in [-0.4, -0.2) is 29.6 Å². The van der Waals surface area contributed by atoms with Crippen molar-refractivity contribution in [3.8, 4) is 0 Å². The Morgan fingerprint density at radius 2 is 2.00 bits per heavy atom. The van der Waals surface area contributed by atoms with E-state index in [0.29, 0.717) is 5.41 Å². The molecule has 2 rings (SSSR count). The van der Waals surface area contributed by atoms with E-state index >= 15 is 0 Å². The van der Waals surface area contributed by atoms with Gasteiger partial charge in [0, 0.05) is 25.8 Å². The molecule has 4 nitrogen and oxygen atoms in total. The van der Waals surface area contributed by atoms with Gasteiger partial charge >= 0.3 is 0 Å². The molecule has 1 N–H and O–H groups in total. The number of rotatable bonds is 5. The monoisotopic (exact) mass is 262 g/mol. The van der Waals surface area contributed by atoms with E-state index in [4.69, 9.17) is 4.98 Å². The molecule has 1 aliphatic heterocycles. The molecule has 0 saturated carbocycles. The van der Waals surface area contributed by atoms with E-state index in [1.54, 1.807) is 0 Å². The molecule has 4 heteroatoms. The fourth-order valence-corrected chi connectivity index (χ4v) is 2.51. The highest BCUT2D eigenvalue weighted by Gasteiger charge is 2.28. The van der Waals surface area contributed by atoms with Crippen molar-refractivity contribution in [2.75, 3.05) is 24.5 Å². The van der Waals surface area contributed by atoms with Gasteiger partial charge < -0.3 is 10.2 Å². The van der Waals surface area contributed by atoms with Gasteiger partial charge in [0.15, 0.2) is 0 Å². The van der Waals surface area contributed by atoms with E-state index in [9.17, 15) is 0 Å². The van der Waals surface area contributed by atoms with Crippen molar-refractivity contribution >= 4 is 5.82 Å². The van der Waals surface area contributed by atoms with Crippen LogP contribution in [0.5, 0.6) is 0 Å². The summed E-state index contributed by atoms with van der Waals surface area (Å²) in [6.07, 6.45) is 7.52. The zero-order valence-electron chi connectivity index (χ0n) is 12.4. The lowest BCUT2D eigenvalue weighted by Gasteiger charge is -2.39. The van der Waals surface area contributed by atoms with Crippen molar-refractivity contribution in [1.29, 1.82) is 0 Å². The second-order valence-corrected chi connectivity index (χ2v) is 5.80. The smallest absolute Gasteiger partial charge is 0.147 e. The van der Waals surface area contributed by atoms with E-state index in [1.165, 1.54) is 19.3 Å². The SMILES string of the molecule is CCNCc1cncc(N2CCC(C)(CC)CC2)n1. The summed E-state index contributed by atoms with van der Waals surface area (Å²) in [5.41, 5.74) is 1.55. The lowest BCUT2D eigenvalue weighted by Crippen LogP contribution is -2.39. The lowest BCUT2D eigenvalue weighted by atomic mass is 9.78. The molecule has 0 unspecified atom stereocenters. The Morgan fingerprint density at radius 3 is 2.63 bits per heavy atom. The number of hydrogen-bond acceptors (Lipinski definition) is 4. The van der Waals surface area contributed by atoms with E-state index in [-0.39, 0.29) is 0 Å². The first-order chi connectivity index (χ1) is 9.17. The zero-order chi connectivity index (χ0) is 13.7. The van der Waals surface area contributed by atoms with Crippen LogP contribution in [0.15, 0.2) is 12.4 Å². The molecule has 1 aliphatic rings. The Kier molecular flexibility index (Phi) is 4.75. The molecular formula is C15H26N4. The molecule has 19 heavy (non-hydrogen) atoms. The molecule has 1 aromatic heterocycles. The van der Waals surface area contributed by atoms with Gasteiger partial charge in [-0.15, -0.1) is 0 Å². The van der Waals surface area contributed by atoms with Crippen molar-refractivity contribution in [2.45, 2.75) is 46.6 Å². The normalized spacial score (nSPS) is 18.6. The molecule has 2 heterocycles. The lowest BCUT2D eigenvalue weighted by molar-refractivity contribution is 0.237. The molecule has 0 atom stereocenters. The highest BCUT2D eigenvalue weighted by Crippen LogP contribution is 2.34. The third-order valence-corrected chi connectivity index (χ3v) is 4.38. The molecule has 1 saturated heterocycles. The fraction of sp³-hybridized carbons (Fsp3) is 0.733. The molecule has 0 bridgehead atoms. The first kappa shape index (κ1) is 14.3. The van der Waals surface area contributed by atoms with Crippen LogP contribution >= 0.6 is 0 Å². The maximum Gasteiger partial charge on any atom is 0.147 e. The van der Waals surface area contributed by atoms with Crippen LogP contribution in [0.1, 0.15) is 45.7 Å². The molecule has 1 aromatic rings. The van der Waals surface area contributed by atoms with Gasteiger partial charge in [-0.1, -0.05) is 27.2 Å². The maximum absolute atomic E-state index is 4.71. The molecule has 0 radical (unpaired) electrons. The summed E-state index contributed by atoms with van der Waals surface area (Å²) >= 11 is 0. The standard InChI is InChI=1S/C15H26N4/c1-4-15(3)6-8-19(9-7-15)14-12-17-11-13(18-14)10-16-5-2/h11-12,16H,4-10H2,1-3H3. The topological polar surface area (TPSA) is 41.1 Å². The highest BCUT2D eigenvalue weighted by molar-refractivity contribution is 5.37. The largest absolute Gasteiger partial charge is 0.355 e. The Morgan fingerprint density at radius 1 is 1.26 bits per heavy atom. The predicted molar refractivity (Wildman–Crippen MR) is 79.3 cm³/mol. The average molecular weight is 262 g/mol. The Balaban J connectivity index is 1.99. The molecule has 106 valence electrons. The summed E-state index contributed by atoms with van der Waals surface area (Å²) in [4.78, 5) is 11.4. The van der Waals surface area contributed by atoms with Crippen LogP contribution in [0.25, 0.3) is 0 Å². The highest BCUT2D eigenvalue weighted by atomic mass is 15.2. The van der Waals surface area contributed by atoms with E-state index in [0.717, 1.165) is 37.7 Å². The summed E-state index contributed by atoms with van der Waals surface area (Å²) in [6, 6.07) is 0. The van der Waals surface area contributed by atoms with Crippen LogP contribution in [-0.2, 0) is 6.54 Å². The number of piperidine rings is 1. The van der Waals surface area contributed by atoms with Crippen molar-refractivity contribution in [2.24, 2.45) is 5.41 Å². The first-order valence-corrected chi connectivity index (χ1v) is 7.43. The van der Waals surface area contributed by atoms with Crippen molar-refractivity contribution < 1.29 is 0 Å². The van der Waals surface area contributed by atoms with Gasteiger partial charge in [-0.25, -0.2) is 4.98 Å². The van der Waals surface area contributed by atoms with Gasteiger partial charge in [-0.05, 0) is 24.8 Å². The van der Waals surface area contributed by atoms with Gasteiger partial charge in [-0.3, -0.25) is 4.98 Å². The second kappa shape index (κ2) is 6.33. The minimum absolute atomic E-state index is 0.519. The molecule has 0 amide bonds. The number of nitrogens with one attached hydrogen (secondary N) is 1. The van der Waals surface area contributed by atoms with Crippen LogP contribution in [0.4, 0.5) is 5.82 Å². The van der Waals surface area contributed by atoms with Gasteiger partial charge in [0.2, 0.25) is 0 Å². The van der Waals surface area contributed by atoms with E-state index < -0.39 is 0 Å². The third-order valence-electron chi connectivity index (χ3n) is 4.38. The van der Waals surface area contributed by atoms with Crippen molar-refractivity contribution in [3.63, 3.8) is 0 Å². The van der Waals surface area contributed by atoms with Crippen LogP contribution in [0.3, 0.4) is 0 Å². The van der Waals surface area contributed by atoms with Crippen molar-refractivity contribution in [1.82, 2.24) is 15.3 Å². The minimum Gasteiger partial charge on any atom is -0.355 e.